The Morgan fingerprint density at radius 1 is 1.50 bits per heavy atom. The van der Waals surface area contributed by atoms with Crippen molar-refractivity contribution in [2.24, 2.45) is 13.0 Å². The molecule has 1 aromatic heterocycles. The van der Waals surface area contributed by atoms with Gasteiger partial charge in [-0.05, 0) is 26.2 Å². The molecule has 102 valence electrons. The van der Waals surface area contributed by atoms with E-state index in [2.05, 4.69) is 31.2 Å². The smallest absolute Gasteiger partial charge is 0.341 e. The van der Waals surface area contributed by atoms with Gasteiger partial charge in [0.05, 0.1) is 5.69 Å². The number of hydrogen-bond acceptors (Lipinski definition) is 3. The normalized spacial score (nSPS) is 14.3. The summed E-state index contributed by atoms with van der Waals surface area (Å²) in [6.45, 7) is 8.15. The van der Waals surface area contributed by atoms with Crippen molar-refractivity contribution < 1.29 is 9.90 Å². The molecule has 5 heteroatoms. The summed E-state index contributed by atoms with van der Waals surface area (Å²) in [4.78, 5) is 11.2. The number of carboxylic acids is 1. The molecule has 1 rings (SSSR count). The molecule has 18 heavy (non-hydrogen) atoms. The molecule has 0 saturated carbocycles. The largest absolute Gasteiger partial charge is 0.477 e. The highest BCUT2D eigenvalue weighted by molar-refractivity contribution is 5.94. The van der Waals surface area contributed by atoms with E-state index in [0.717, 1.165) is 12.8 Å². The first-order valence-corrected chi connectivity index (χ1v) is 6.40. The number of hydrogen-bond donors (Lipinski definition) is 2. The van der Waals surface area contributed by atoms with E-state index in [1.807, 2.05) is 0 Å². The molecule has 1 aromatic rings. The monoisotopic (exact) mass is 253 g/mol. The molecule has 0 amide bonds. The molecule has 0 aromatic carbocycles. The summed E-state index contributed by atoms with van der Waals surface area (Å²) >= 11 is 0. The second kappa shape index (κ2) is 5.89. The third kappa shape index (κ3) is 3.24. The van der Waals surface area contributed by atoms with Crippen LogP contribution in [0, 0.1) is 12.8 Å². The highest BCUT2D eigenvalue weighted by Crippen LogP contribution is 2.21. The number of rotatable bonds is 6. The quantitative estimate of drug-likeness (QED) is 0.818. The van der Waals surface area contributed by atoms with E-state index >= 15 is 0 Å². The van der Waals surface area contributed by atoms with Gasteiger partial charge in [0, 0.05) is 13.1 Å². The fourth-order valence-corrected chi connectivity index (χ4v) is 2.14. The van der Waals surface area contributed by atoms with Crippen LogP contribution in [0.1, 0.15) is 49.7 Å². The number of carboxylic acid groups (broad SMARTS) is 1. The van der Waals surface area contributed by atoms with Crippen LogP contribution in [-0.4, -0.2) is 26.9 Å². The van der Waals surface area contributed by atoms with Crippen LogP contribution in [0.3, 0.4) is 0 Å². The van der Waals surface area contributed by atoms with Crippen molar-refractivity contribution in [2.45, 2.75) is 46.6 Å². The van der Waals surface area contributed by atoms with Crippen molar-refractivity contribution >= 4 is 11.8 Å². The Bertz CT molecular complexity index is 426. The number of carbonyl (C=O) groups is 1. The van der Waals surface area contributed by atoms with Crippen LogP contribution in [0.4, 0.5) is 5.82 Å². The van der Waals surface area contributed by atoms with Crippen molar-refractivity contribution in [1.29, 1.82) is 0 Å². The molecule has 2 atom stereocenters. The Hall–Kier alpha value is -1.52. The maximum Gasteiger partial charge on any atom is 0.341 e. The van der Waals surface area contributed by atoms with Gasteiger partial charge in [0.25, 0.3) is 0 Å². The number of nitrogens with zero attached hydrogens (tertiary/aromatic N) is 2. The Kier molecular flexibility index (Phi) is 4.76. The summed E-state index contributed by atoms with van der Waals surface area (Å²) in [5.74, 6) is 0.282. The van der Waals surface area contributed by atoms with E-state index in [1.54, 1.807) is 18.7 Å². The third-order valence-electron chi connectivity index (χ3n) is 3.27. The van der Waals surface area contributed by atoms with Crippen molar-refractivity contribution in [3.63, 3.8) is 0 Å². The Balaban J connectivity index is 2.87. The van der Waals surface area contributed by atoms with Gasteiger partial charge in [-0.15, -0.1) is 0 Å². The molecule has 0 aliphatic rings. The van der Waals surface area contributed by atoms with Gasteiger partial charge in [-0.25, -0.2) is 4.79 Å². The second-order valence-electron chi connectivity index (χ2n) is 5.03. The summed E-state index contributed by atoms with van der Waals surface area (Å²) in [5.41, 5.74) is 0.816. The van der Waals surface area contributed by atoms with Gasteiger partial charge in [0.1, 0.15) is 11.4 Å². The molecule has 0 radical (unpaired) electrons. The van der Waals surface area contributed by atoms with Gasteiger partial charge in [-0.1, -0.05) is 20.3 Å². The molecule has 0 spiro atoms. The zero-order valence-corrected chi connectivity index (χ0v) is 11.8. The first-order chi connectivity index (χ1) is 8.36. The van der Waals surface area contributed by atoms with E-state index < -0.39 is 5.97 Å². The number of aromatic nitrogens is 2. The summed E-state index contributed by atoms with van der Waals surface area (Å²) in [5, 5.41) is 16.6. The predicted molar refractivity (Wildman–Crippen MR) is 72.1 cm³/mol. The molecule has 0 saturated heterocycles. The molecule has 2 unspecified atom stereocenters. The summed E-state index contributed by atoms with van der Waals surface area (Å²) in [7, 11) is 1.76. The maximum atomic E-state index is 11.2. The van der Waals surface area contributed by atoms with Crippen LogP contribution in [0.25, 0.3) is 0 Å². The Morgan fingerprint density at radius 3 is 2.61 bits per heavy atom. The van der Waals surface area contributed by atoms with Crippen LogP contribution in [0.2, 0.25) is 0 Å². The minimum Gasteiger partial charge on any atom is -0.477 e. The lowest BCUT2D eigenvalue weighted by Crippen LogP contribution is -2.21. The predicted octanol–water partition coefficient (Wildman–Crippen LogP) is 2.66. The fraction of sp³-hybridized carbons (Fsp3) is 0.692. The molecule has 0 aliphatic carbocycles. The number of nitrogens with one attached hydrogen (secondary N) is 1. The molecule has 5 nitrogen and oxygen atoms in total. The topological polar surface area (TPSA) is 67.2 Å². The highest BCUT2D eigenvalue weighted by atomic mass is 16.4. The van der Waals surface area contributed by atoms with E-state index in [0.29, 0.717) is 17.4 Å². The van der Waals surface area contributed by atoms with Crippen LogP contribution >= 0.6 is 0 Å². The van der Waals surface area contributed by atoms with Crippen LogP contribution < -0.4 is 5.32 Å². The van der Waals surface area contributed by atoms with E-state index in [-0.39, 0.29) is 11.6 Å². The molecule has 0 fully saturated rings. The van der Waals surface area contributed by atoms with Crippen molar-refractivity contribution in [2.75, 3.05) is 5.32 Å². The molecule has 0 bridgehead atoms. The van der Waals surface area contributed by atoms with Gasteiger partial charge >= 0.3 is 5.97 Å². The number of aromatic carboxylic acids is 1. The Morgan fingerprint density at radius 2 is 2.11 bits per heavy atom. The SMILES string of the molecule is CCC(C)CC(C)Nc1c(C(=O)O)c(C)nn1C. The van der Waals surface area contributed by atoms with Gasteiger partial charge < -0.3 is 10.4 Å². The van der Waals surface area contributed by atoms with E-state index in [9.17, 15) is 9.90 Å². The number of aryl methyl sites for hydroxylation is 2. The highest BCUT2D eigenvalue weighted by Gasteiger charge is 2.21. The van der Waals surface area contributed by atoms with Gasteiger partial charge in [-0.3, -0.25) is 4.68 Å². The first kappa shape index (κ1) is 14.5. The standard InChI is InChI=1S/C13H23N3O2/c1-6-8(2)7-9(3)14-12-11(13(17)18)10(4)15-16(12)5/h8-9,14H,6-7H2,1-5H3,(H,17,18). The average Bonchev–Trinajstić information content (AvgIpc) is 2.53. The number of anilines is 1. The van der Waals surface area contributed by atoms with Crippen molar-refractivity contribution in [3.8, 4) is 0 Å². The minimum atomic E-state index is -0.932. The summed E-state index contributed by atoms with van der Waals surface area (Å²) in [6, 6.07) is 0.229. The molecular formula is C13H23N3O2. The lowest BCUT2D eigenvalue weighted by atomic mass is 10.0. The molecule has 2 N–H and O–H groups in total. The van der Waals surface area contributed by atoms with Gasteiger partial charge in [-0.2, -0.15) is 5.10 Å². The Labute approximate surface area is 108 Å². The summed E-state index contributed by atoms with van der Waals surface area (Å²) < 4.78 is 1.60. The lowest BCUT2D eigenvalue weighted by molar-refractivity contribution is 0.0697. The average molecular weight is 253 g/mol. The molecule has 0 aliphatic heterocycles. The van der Waals surface area contributed by atoms with E-state index in [1.165, 1.54) is 0 Å². The van der Waals surface area contributed by atoms with Gasteiger partial charge in [0.2, 0.25) is 0 Å². The second-order valence-corrected chi connectivity index (χ2v) is 5.03. The van der Waals surface area contributed by atoms with E-state index in [4.69, 9.17) is 0 Å². The summed E-state index contributed by atoms with van der Waals surface area (Å²) in [6.07, 6.45) is 2.14. The lowest BCUT2D eigenvalue weighted by Gasteiger charge is -2.19. The zero-order valence-electron chi connectivity index (χ0n) is 11.8. The first-order valence-electron chi connectivity index (χ1n) is 6.40. The van der Waals surface area contributed by atoms with Crippen LogP contribution in [-0.2, 0) is 7.05 Å². The molecular weight excluding hydrogens is 230 g/mol. The fourth-order valence-electron chi connectivity index (χ4n) is 2.14. The molecule has 1 heterocycles. The van der Waals surface area contributed by atoms with Crippen molar-refractivity contribution in [3.05, 3.63) is 11.3 Å². The zero-order chi connectivity index (χ0) is 13.9. The van der Waals surface area contributed by atoms with Gasteiger partial charge in [0.15, 0.2) is 0 Å². The van der Waals surface area contributed by atoms with Crippen molar-refractivity contribution in [1.82, 2.24) is 9.78 Å². The third-order valence-corrected chi connectivity index (χ3v) is 3.27. The van der Waals surface area contributed by atoms with Crippen LogP contribution in [0.5, 0.6) is 0 Å². The maximum absolute atomic E-state index is 11.2. The minimum absolute atomic E-state index is 0.229. The van der Waals surface area contributed by atoms with Crippen LogP contribution in [0.15, 0.2) is 0 Å².